The number of rotatable bonds is 13. The first-order valence-electron chi connectivity index (χ1n) is 21.1. The number of oxazole rings is 1. The van der Waals surface area contributed by atoms with Crippen LogP contribution in [-0.4, -0.2) is 28.6 Å². The van der Waals surface area contributed by atoms with E-state index in [0.29, 0.717) is 17.0 Å². The van der Waals surface area contributed by atoms with E-state index in [1.54, 1.807) is 49.7 Å². The molecule has 0 radical (unpaired) electrons. The fourth-order valence-electron chi connectivity index (χ4n) is 4.47. The number of ether oxygens (including phenoxy) is 1. The molecule has 2 aromatic heterocycles. The van der Waals surface area contributed by atoms with Crippen molar-refractivity contribution in [3.05, 3.63) is 124 Å². The van der Waals surface area contributed by atoms with Gasteiger partial charge in [0.05, 0.1) is 17.8 Å². The van der Waals surface area contributed by atoms with Gasteiger partial charge in [-0.15, -0.1) is 0 Å². The van der Waals surface area contributed by atoms with Crippen LogP contribution in [-0.2, 0) is 13.0 Å². The number of benzene rings is 2. The summed E-state index contributed by atoms with van der Waals surface area (Å²) in [6.45, 7) is 24.0. The highest BCUT2D eigenvalue weighted by Gasteiger charge is 2.27. The van der Waals surface area contributed by atoms with E-state index in [-0.39, 0.29) is 12.2 Å². The summed E-state index contributed by atoms with van der Waals surface area (Å²) >= 11 is 0. The average molecular weight is 841 g/mol. The van der Waals surface area contributed by atoms with Crippen molar-refractivity contribution in [3.63, 3.8) is 0 Å². The summed E-state index contributed by atoms with van der Waals surface area (Å²) < 4.78 is 59.6. The van der Waals surface area contributed by atoms with Crippen LogP contribution in [0.5, 0.6) is 5.88 Å². The number of unbranched alkanes of at least 4 members (excludes halogenated alkanes) is 4. The molecule has 1 amide bonds. The summed E-state index contributed by atoms with van der Waals surface area (Å²) in [7, 11) is 0. The lowest BCUT2D eigenvalue weighted by Crippen LogP contribution is -2.33. The van der Waals surface area contributed by atoms with Crippen molar-refractivity contribution in [3.8, 4) is 11.9 Å². The molecule has 60 heavy (non-hydrogen) atoms. The van der Waals surface area contributed by atoms with E-state index in [1.807, 2.05) is 37.4 Å². The van der Waals surface area contributed by atoms with Crippen molar-refractivity contribution in [2.24, 2.45) is 5.92 Å². The molecule has 0 saturated heterocycles. The second-order valence-corrected chi connectivity index (χ2v) is 14.5. The Labute approximate surface area is 359 Å². The monoisotopic (exact) mass is 841 g/mol. The summed E-state index contributed by atoms with van der Waals surface area (Å²) in [5.41, 5.74) is 5.15. The molecule has 2 heterocycles. The van der Waals surface area contributed by atoms with Gasteiger partial charge in [0.25, 0.3) is 5.91 Å². The number of aryl methyl sites for hydroxylation is 4. The highest BCUT2D eigenvalue weighted by molar-refractivity contribution is 5.94. The number of nitrogens with zero attached hydrogens (tertiary/aromatic N) is 3. The minimum Gasteiger partial charge on any atom is -0.473 e. The zero-order valence-corrected chi connectivity index (χ0v) is 38.4. The van der Waals surface area contributed by atoms with E-state index in [9.17, 15) is 22.4 Å². The standard InChI is InChI=1S/C14H11FN2O.C11H12F3NO.C8H16.C7H11NO.C5H12.C4H10/c1-10-3-2-4-14(17-10)18-9-12-6-5-11(8-16)7-13(12)15;1-7-3-4-9(5-8(7)2)10(16)15-6-11(12,13)14;1-5-8(4)6-7(2)3;1-2-3-4-7-8-5-6-9-7;1-3-5-4-2;1-3-4-2/h2-7H,9H2,1H3;3-5H,6H2,1-2H3,(H,15,16);5,7H,6H2,1-4H3;5-6H,2-4H2,1H3;3-5H2,1-2H3;3-4H2,1-2H3/b;;8-5+;;;. The molecule has 2 aromatic carbocycles. The molecule has 4 aromatic rings. The molecule has 1 N–H and O–H groups in total. The molecular formula is C49H72F4N4O3. The van der Waals surface area contributed by atoms with Crippen molar-refractivity contribution >= 4 is 5.91 Å². The number of nitriles is 1. The van der Waals surface area contributed by atoms with Crippen molar-refractivity contribution in [2.75, 3.05) is 6.54 Å². The first-order valence-corrected chi connectivity index (χ1v) is 21.1. The molecule has 0 aliphatic rings. The molecule has 0 aliphatic carbocycles. The lowest BCUT2D eigenvalue weighted by molar-refractivity contribution is -0.123. The summed E-state index contributed by atoms with van der Waals surface area (Å²) in [5.74, 6) is 0.976. The number of hydrogen-bond donors (Lipinski definition) is 1. The highest BCUT2D eigenvalue weighted by Crippen LogP contribution is 2.15. The number of nitrogens with one attached hydrogen (secondary N) is 1. The highest BCUT2D eigenvalue weighted by atomic mass is 19.4. The number of halogens is 4. The largest absolute Gasteiger partial charge is 0.473 e. The average Bonchev–Trinajstić information content (AvgIpc) is 3.74. The van der Waals surface area contributed by atoms with Crippen molar-refractivity contribution in [2.45, 2.75) is 154 Å². The number of aromatic nitrogens is 2. The first-order chi connectivity index (χ1) is 28.4. The number of carbonyl (C=O) groups excluding carboxylic acids is 1. The Kier molecular flexibility index (Phi) is 33.2. The second kappa shape index (κ2) is 34.8. The van der Waals surface area contributed by atoms with Crippen LogP contribution >= 0.6 is 0 Å². The zero-order chi connectivity index (χ0) is 45.9. The summed E-state index contributed by atoms with van der Waals surface area (Å²) in [4.78, 5) is 19.5. The van der Waals surface area contributed by atoms with Crippen LogP contribution in [0, 0.1) is 43.8 Å². The first kappa shape index (κ1) is 57.1. The van der Waals surface area contributed by atoms with Crippen LogP contribution in [0.25, 0.3) is 0 Å². The maximum atomic E-state index is 13.6. The predicted molar refractivity (Wildman–Crippen MR) is 239 cm³/mol. The van der Waals surface area contributed by atoms with E-state index in [4.69, 9.17) is 14.4 Å². The fraction of sp³-hybridized carbons (Fsp3) is 0.510. The van der Waals surface area contributed by atoms with Gasteiger partial charge in [0, 0.05) is 29.3 Å². The van der Waals surface area contributed by atoms with Crippen LogP contribution in [0.4, 0.5) is 17.6 Å². The van der Waals surface area contributed by atoms with Gasteiger partial charge in [0.15, 0.2) is 5.89 Å². The Morgan fingerprint density at radius 3 is 2.00 bits per heavy atom. The molecule has 0 atom stereocenters. The smallest absolute Gasteiger partial charge is 0.405 e. The number of pyridine rings is 1. The molecule has 0 spiro atoms. The third-order valence-corrected chi connectivity index (χ3v) is 8.30. The number of alkyl halides is 3. The minimum absolute atomic E-state index is 0.0913. The van der Waals surface area contributed by atoms with Crippen LogP contribution in [0.15, 0.2) is 83.1 Å². The Balaban J connectivity index is 0. The number of hydrogen-bond acceptors (Lipinski definition) is 6. The molecule has 0 aliphatic heterocycles. The molecule has 4 rings (SSSR count). The van der Waals surface area contributed by atoms with Gasteiger partial charge in [0.2, 0.25) is 5.88 Å². The maximum absolute atomic E-state index is 13.6. The topological polar surface area (TPSA) is 101 Å². The Morgan fingerprint density at radius 1 is 0.917 bits per heavy atom. The van der Waals surface area contributed by atoms with E-state index in [0.717, 1.165) is 35.1 Å². The summed E-state index contributed by atoms with van der Waals surface area (Å²) in [6.07, 6.45) is 12.4. The van der Waals surface area contributed by atoms with E-state index < -0.39 is 24.4 Å². The Morgan fingerprint density at radius 2 is 1.57 bits per heavy atom. The molecule has 0 unspecified atom stereocenters. The summed E-state index contributed by atoms with van der Waals surface area (Å²) in [5, 5.41) is 10.5. The molecule has 0 fully saturated rings. The van der Waals surface area contributed by atoms with Crippen molar-refractivity contribution in [1.29, 1.82) is 5.26 Å². The van der Waals surface area contributed by atoms with Gasteiger partial charge in [0.1, 0.15) is 25.2 Å². The van der Waals surface area contributed by atoms with Crippen molar-refractivity contribution < 1.29 is 31.5 Å². The van der Waals surface area contributed by atoms with Gasteiger partial charge in [-0.1, -0.05) is 117 Å². The number of carbonyl (C=O) groups is 1. The molecule has 0 bridgehead atoms. The van der Waals surface area contributed by atoms with E-state index in [1.165, 1.54) is 69.1 Å². The van der Waals surface area contributed by atoms with Gasteiger partial charge in [-0.05, 0) is 94.8 Å². The quantitative estimate of drug-likeness (QED) is 0.106. The summed E-state index contributed by atoms with van der Waals surface area (Å²) in [6, 6.07) is 16.4. The number of allylic oxidation sites excluding steroid dienone is 2. The minimum atomic E-state index is -4.38. The van der Waals surface area contributed by atoms with Crippen LogP contribution in [0.2, 0.25) is 0 Å². The Bertz CT molecular complexity index is 1760. The lowest BCUT2D eigenvalue weighted by atomic mass is 10.0. The van der Waals surface area contributed by atoms with Gasteiger partial charge in [-0.3, -0.25) is 4.79 Å². The third kappa shape index (κ3) is 31.0. The van der Waals surface area contributed by atoms with Gasteiger partial charge >= 0.3 is 6.18 Å². The van der Waals surface area contributed by atoms with Crippen LogP contribution in [0.3, 0.4) is 0 Å². The SMILES string of the molecule is C/C=C(\C)CC(C)C.CCCC.CCCCC.CCCCc1ncco1.Cc1ccc(C(=O)NCC(F)(F)F)cc1C.Cc1cccc(OCc2ccc(C#N)cc2F)n1. The predicted octanol–water partition coefficient (Wildman–Crippen LogP) is 14.6. The van der Waals surface area contributed by atoms with Crippen LogP contribution in [0.1, 0.15) is 158 Å². The molecule has 7 nitrogen and oxygen atoms in total. The normalized spacial score (nSPS) is 10.4. The molecule has 11 heteroatoms. The van der Waals surface area contributed by atoms with E-state index in [2.05, 4.69) is 78.4 Å². The fourth-order valence-corrected chi connectivity index (χ4v) is 4.47. The number of amides is 1. The van der Waals surface area contributed by atoms with Gasteiger partial charge < -0.3 is 14.5 Å². The molecule has 0 saturated carbocycles. The zero-order valence-electron chi connectivity index (χ0n) is 38.4. The maximum Gasteiger partial charge on any atom is 0.405 e. The lowest BCUT2D eigenvalue weighted by Gasteiger charge is -2.09. The van der Waals surface area contributed by atoms with Gasteiger partial charge in [-0.2, -0.15) is 18.4 Å². The second-order valence-electron chi connectivity index (χ2n) is 14.5. The molecular weight excluding hydrogens is 769 g/mol. The van der Waals surface area contributed by atoms with Crippen LogP contribution < -0.4 is 10.1 Å². The van der Waals surface area contributed by atoms with Gasteiger partial charge in [-0.25, -0.2) is 14.4 Å². The third-order valence-electron chi connectivity index (χ3n) is 8.30. The Hall–Kier alpha value is -4.98. The molecule has 334 valence electrons. The van der Waals surface area contributed by atoms with E-state index >= 15 is 0 Å². The van der Waals surface area contributed by atoms with Crippen molar-refractivity contribution in [1.82, 2.24) is 15.3 Å².